The molecule has 4 aromatic carbocycles. The van der Waals surface area contributed by atoms with E-state index >= 15 is 0 Å². The minimum Gasteiger partial charge on any atom is -0.508 e. The van der Waals surface area contributed by atoms with E-state index in [4.69, 9.17) is 5.73 Å². The summed E-state index contributed by atoms with van der Waals surface area (Å²) in [5.41, 5.74) is 11.3. The minimum atomic E-state index is -0.863. The molecule has 6 rings (SSSR count). The van der Waals surface area contributed by atoms with Gasteiger partial charge >= 0.3 is 6.03 Å². The second-order valence-corrected chi connectivity index (χ2v) is 11.8. The van der Waals surface area contributed by atoms with E-state index in [9.17, 15) is 19.5 Å². The molecule has 2 heterocycles. The zero-order chi connectivity index (χ0) is 32.9. The molecule has 10 nitrogen and oxygen atoms in total. The van der Waals surface area contributed by atoms with E-state index in [2.05, 4.69) is 11.9 Å². The number of carbonyl (C=O) groups is 3. The molecule has 2 saturated heterocycles. The number of nitrogen functional groups attached to an aromatic ring is 1. The molecule has 0 radical (unpaired) electrons. The summed E-state index contributed by atoms with van der Waals surface area (Å²) < 4.78 is 0. The summed E-state index contributed by atoms with van der Waals surface area (Å²) in [5, 5.41) is 16.1. The first kappa shape index (κ1) is 31.4. The second-order valence-electron chi connectivity index (χ2n) is 11.8. The number of fused-ring (bicyclic) bond motifs is 1. The molecule has 47 heavy (non-hydrogen) atoms. The van der Waals surface area contributed by atoms with Crippen LogP contribution in [0.25, 0.3) is 11.1 Å². The SMILES string of the molecule is C=CCN1CC(=O)N2[C@@H](Cc3ccc(O)cc3)C(=O)N(Cc3cccc(-c4cccc(N)c4)c3)C[C@@H]2N1C(=O)NCc1ccccc1. The number of hydrazine groups is 1. The van der Waals surface area contributed by atoms with E-state index < -0.39 is 12.2 Å². The van der Waals surface area contributed by atoms with Crippen LogP contribution < -0.4 is 11.1 Å². The maximum Gasteiger partial charge on any atom is 0.334 e. The molecule has 0 unspecified atom stereocenters. The highest BCUT2D eigenvalue weighted by atomic mass is 16.3. The lowest BCUT2D eigenvalue weighted by Gasteiger charge is -2.55. The number of urea groups is 1. The molecular formula is C37H38N6O4. The molecule has 0 saturated carbocycles. The number of rotatable bonds is 9. The van der Waals surface area contributed by atoms with E-state index in [-0.39, 0.29) is 56.2 Å². The normalized spacial score (nSPS) is 18.2. The van der Waals surface area contributed by atoms with Crippen molar-refractivity contribution >= 4 is 23.5 Å². The van der Waals surface area contributed by atoms with Crippen molar-refractivity contribution in [2.75, 3.05) is 25.4 Å². The zero-order valence-corrected chi connectivity index (χ0v) is 26.0. The molecule has 0 spiro atoms. The van der Waals surface area contributed by atoms with Gasteiger partial charge in [-0.15, -0.1) is 6.58 Å². The number of phenols is 1. The van der Waals surface area contributed by atoms with Crippen LogP contribution >= 0.6 is 0 Å². The van der Waals surface area contributed by atoms with Crippen LogP contribution in [0.3, 0.4) is 0 Å². The van der Waals surface area contributed by atoms with Crippen molar-refractivity contribution in [2.45, 2.75) is 31.7 Å². The maximum atomic E-state index is 14.3. The number of anilines is 1. The average Bonchev–Trinajstić information content (AvgIpc) is 3.07. The summed E-state index contributed by atoms with van der Waals surface area (Å²) in [5.74, 6) is -0.345. The third-order valence-electron chi connectivity index (χ3n) is 8.55. The molecular weight excluding hydrogens is 592 g/mol. The molecule has 0 aromatic heterocycles. The van der Waals surface area contributed by atoms with Crippen molar-refractivity contribution in [1.29, 1.82) is 0 Å². The Morgan fingerprint density at radius 2 is 1.60 bits per heavy atom. The van der Waals surface area contributed by atoms with E-state index in [1.165, 1.54) is 0 Å². The number of phenolic OH excluding ortho intramolecular Hbond substituents is 1. The molecule has 2 aliphatic heterocycles. The number of piperazine rings is 1. The number of nitrogens with zero attached hydrogens (tertiary/aromatic N) is 4. The molecule has 4 aromatic rings. The van der Waals surface area contributed by atoms with Crippen molar-refractivity contribution in [3.05, 3.63) is 132 Å². The Kier molecular flexibility index (Phi) is 9.21. The molecule has 4 amide bonds. The molecule has 2 atom stereocenters. The summed E-state index contributed by atoms with van der Waals surface area (Å²) in [4.78, 5) is 45.4. The maximum absolute atomic E-state index is 14.3. The monoisotopic (exact) mass is 630 g/mol. The molecule has 10 heteroatoms. The van der Waals surface area contributed by atoms with E-state index in [1.54, 1.807) is 50.2 Å². The lowest BCUT2D eigenvalue weighted by Crippen LogP contribution is -2.76. The Hall–Kier alpha value is -5.61. The quantitative estimate of drug-likeness (QED) is 0.187. The van der Waals surface area contributed by atoms with Gasteiger partial charge in [0.05, 0.1) is 13.1 Å². The van der Waals surface area contributed by atoms with Gasteiger partial charge in [-0.05, 0) is 58.1 Å². The zero-order valence-electron chi connectivity index (χ0n) is 26.0. The van der Waals surface area contributed by atoms with Gasteiger partial charge in [-0.2, -0.15) is 0 Å². The van der Waals surface area contributed by atoms with Gasteiger partial charge in [-0.3, -0.25) is 9.59 Å². The number of carbonyl (C=O) groups excluding carboxylic acids is 3. The van der Waals surface area contributed by atoms with Gasteiger partial charge in [0.1, 0.15) is 18.0 Å². The first-order valence-corrected chi connectivity index (χ1v) is 15.6. The number of hydrogen-bond acceptors (Lipinski definition) is 6. The number of amides is 4. The second kappa shape index (κ2) is 13.8. The predicted molar refractivity (Wildman–Crippen MR) is 180 cm³/mol. The topological polar surface area (TPSA) is 122 Å². The number of benzene rings is 4. The van der Waals surface area contributed by atoms with Gasteiger partial charge in [0, 0.05) is 31.7 Å². The Bertz CT molecular complexity index is 1760. The number of hydrogen-bond donors (Lipinski definition) is 3. The van der Waals surface area contributed by atoms with Crippen molar-refractivity contribution in [2.24, 2.45) is 0 Å². The number of nitrogens with two attached hydrogens (primary N) is 1. The van der Waals surface area contributed by atoms with Crippen LogP contribution in [0.2, 0.25) is 0 Å². The summed E-state index contributed by atoms with van der Waals surface area (Å²) in [6, 6.07) is 30.5. The van der Waals surface area contributed by atoms with Gasteiger partial charge in [-0.1, -0.05) is 78.9 Å². The van der Waals surface area contributed by atoms with Gasteiger partial charge in [0.2, 0.25) is 11.8 Å². The molecule has 2 aliphatic rings. The molecule has 4 N–H and O–H groups in total. The van der Waals surface area contributed by atoms with Gasteiger partial charge < -0.3 is 26.0 Å². The molecule has 0 aliphatic carbocycles. The van der Waals surface area contributed by atoms with Gasteiger partial charge in [0.25, 0.3) is 0 Å². The average molecular weight is 631 g/mol. The van der Waals surface area contributed by atoms with Gasteiger partial charge in [0.15, 0.2) is 0 Å². The summed E-state index contributed by atoms with van der Waals surface area (Å²) >= 11 is 0. The highest BCUT2D eigenvalue weighted by molar-refractivity contribution is 5.91. The fourth-order valence-corrected chi connectivity index (χ4v) is 6.34. The Labute approximate surface area is 274 Å². The number of nitrogens with one attached hydrogen (secondary N) is 1. The Balaban J connectivity index is 1.34. The summed E-state index contributed by atoms with van der Waals surface area (Å²) in [6.07, 6.45) is 1.12. The first-order valence-electron chi connectivity index (χ1n) is 15.6. The van der Waals surface area contributed by atoms with E-state index in [0.717, 1.165) is 27.8 Å². The summed E-state index contributed by atoms with van der Waals surface area (Å²) in [6.45, 7) is 4.74. The van der Waals surface area contributed by atoms with E-state index in [1.807, 2.05) is 78.9 Å². The standard InChI is InChI=1S/C37H38N6O4/c1-2-18-41-25-35(45)42-33(20-26-14-16-32(44)17-15-26)36(46)40(23-28-10-6-11-29(19-28)30-12-7-13-31(38)21-30)24-34(42)43(41)37(47)39-22-27-8-4-3-5-9-27/h2-17,19,21,33-34,44H,1,18,20,22-25,38H2,(H,39,47)/t33-,34-/m0/s1. The van der Waals surface area contributed by atoms with Crippen LogP contribution in [-0.2, 0) is 29.1 Å². The van der Waals surface area contributed by atoms with Crippen LogP contribution in [0.5, 0.6) is 5.75 Å². The smallest absolute Gasteiger partial charge is 0.334 e. The lowest BCUT2D eigenvalue weighted by atomic mass is 9.97. The minimum absolute atomic E-state index is 0.0805. The Morgan fingerprint density at radius 3 is 2.32 bits per heavy atom. The fourth-order valence-electron chi connectivity index (χ4n) is 6.34. The van der Waals surface area contributed by atoms with Crippen LogP contribution in [0.4, 0.5) is 10.5 Å². The fraction of sp³-hybridized carbons (Fsp3) is 0.216. The van der Waals surface area contributed by atoms with Crippen LogP contribution in [0, 0.1) is 0 Å². The Morgan fingerprint density at radius 1 is 0.894 bits per heavy atom. The van der Waals surface area contributed by atoms with Crippen LogP contribution in [0.15, 0.2) is 116 Å². The highest BCUT2D eigenvalue weighted by Gasteiger charge is 2.51. The van der Waals surface area contributed by atoms with Crippen LogP contribution in [-0.4, -0.2) is 74.6 Å². The van der Waals surface area contributed by atoms with E-state index in [0.29, 0.717) is 12.2 Å². The highest BCUT2D eigenvalue weighted by Crippen LogP contribution is 2.30. The first-order chi connectivity index (χ1) is 22.8. The summed E-state index contributed by atoms with van der Waals surface area (Å²) in [7, 11) is 0. The van der Waals surface area contributed by atoms with Crippen molar-refractivity contribution < 1.29 is 19.5 Å². The molecule has 0 bridgehead atoms. The van der Waals surface area contributed by atoms with Crippen LogP contribution in [0.1, 0.15) is 16.7 Å². The van der Waals surface area contributed by atoms with Crippen molar-refractivity contribution in [3.63, 3.8) is 0 Å². The lowest BCUT2D eigenvalue weighted by molar-refractivity contribution is -0.189. The molecule has 240 valence electrons. The van der Waals surface area contributed by atoms with Crippen molar-refractivity contribution in [3.8, 4) is 16.9 Å². The third kappa shape index (κ3) is 6.97. The predicted octanol–water partition coefficient (Wildman–Crippen LogP) is 4.38. The largest absolute Gasteiger partial charge is 0.508 e. The van der Waals surface area contributed by atoms with Gasteiger partial charge in [-0.25, -0.2) is 14.8 Å². The molecule has 2 fully saturated rings. The number of aromatic hydroxyl groups is 1. The third-order valence-corrected chi connectivity index (χ3v) is 8.55. The van der Waals surface area contributed by atoms with Crippen molar-refractivity contribution in [1.82, 2.24) is 25.1 Å².